The Morgan fingerprint density at radius 2 is 2.05 bits per heavy atom. The van der Waals surface area contributed by atoms with E-state index in [0.29, 0.717) is 10.6 Å². The Morgan fingerprint density at radius 3 is 2.70 bits per heavy atom. The van der Waals surface area contributed by atoms with Crippen LogP contribution in [0.1, 0.15) is 15.9 Å². The van der Waals surface area contributed by atoms with E-state index >= 15 is 0 Å². The van der Waals surface area contributed by atoms with Gasteiger partial charge in [0.15, 0.2) is 0 Å². The van der Waals surface area contributed by atoms with Crippen LogP contribution in [-0.2, 0) is 6.61 Å². The quantitative estimate of drug-likeness (QED) is 0.849. The molecule has 0 aliphatic heterocycles. The van der Waals surface area contributed by atoms with Crippen molar-refractivity contribution in [3.05, 3.63) is 58.4 Å². The average molecular weight is 296 g/mol. The molecule has 2 aromatic rings. The van der Waals surface area contributed by atoms with E-state index in [9.17, 15) is 9.18 Å². The lowest BCUT2D eigenvalue weighted by Gasteiger charge is -2.10. The van der Waals surface area contributed by atoms with Gasteiger partial charge in [0.2, 0.25) is 0 Å². The van der Waals surface area contributed by atoms with E-state index in [4.69, 9.17) is 27.2 Å². The lowest BCUT2D eigenvalue weighted by atomic mass is 10.2. The smallest absolute Gasteiger partial charge is 0.335 e. The molecule has 0 bridgehead atoms. The lowest BCUT2D eigenvalue weighted by molar-refractivity contribution is 0.0697. The molecule has 0 fully saturated rings. The molecule has 104 valence electrons. The van der Waals surface area contributed by atoms with Gasteiger partial charge in [-0.05, 0) is 36.4 Å². The number of hydrogen-bond donors (Lipinski definition) is 2. The second-order valence-corrected chi connectivity index (χ2v) is 4.52. The third-order valence-corrected chi connectivity index (χ3v) is 2.88. The van der Waals surface area contributed by atoms with E-state index in [0.717, 1.165) is 0 Å². The van der Waals surface area contributed by atoms with Crippen LogP contribution in [0.5, 0.6) is 5.75 Å². The fourth-order valence-electron chi connectivity index (χ4n) is 1.62. The number of aromatic carboxylic acids is 1. The maximum atomic E-state index is 13.5. The molecule has 0 unspecified atom stereocenters. The highest BCUT2D eigenvalue weighted by molar-refractivity contribution is 6.30. The lowest BCUT2D eigenvalue weighted by Crippen LogP contribution is -2.03. The van der Waals surface area contributed by atoms with Gasteiger partial charge < -0.3 is 15.6 Å². The third-order valence-electron chi connectivity index (χ3n) is 2.65. The molecular weight excluding hydrogens is 285 g/mol. The fraction of sp³-hybridized carbons (Fsp3) is 0.0714. The highest BCUT2D eigenvalue weighted by atomic mass is 35.5. The number of anilines is 1. The zero-order chi connectivity index (χ0) is 14.7. The number of halogens is 2. The molecule has 4 nitrogen and oxygen atoms in total. The zero-order valence-corrected chi connectivity index (χ0v) is 11.0. The Kier molecular flexibility index (Phi) is 4.10. The van der Waals surface area contributed by atoms with Crippen LogP contribution in [0.15, 0.2) is 36.4 Å². The van der Waals surface area contributed by atoms with E-state index in [1.54, 1.807) is 0 Å². The number of rotatable bonds is 4. The van der Waals surface area contributed by atoms with E-state index < -0.39 is 11.8 Å². The molecule has 2 rings (SSSR count). The van der Waals surface area contributed by atoms with E-state index in [1.165, 1.54) is 36.4 Å². The van der Waals surface area contributed by atoms with Crippen molar-refractivity contribution >= 4 is 23.3 Å². The Labute approximate surface area is 119 Å². The molecule has 0 amide bonds. The minimum absolute atomic E-state index is 0.0526. The first kappa shape index (κ1) is 14.1. The van der Waals surface area contributed by atoms with E-state index in [2.05, 4.69) is 0 Å². The minimum atomic E-state index is -1.08. The Bertz CT molecular complexity index is 661. The molecule has 0 radical (unpaired) electrons. The van der Waals surface area contributed by atoms with Gasteiger partial charge in [-0.15, -0.1) is 0 Å². The van der Waals surface area contributed by atoms with E-state index in [1.807, 2.05) is 0 Å². The molecule has 0 saturated carbocycles. The van der Waals surface area contributed by atoms with Gasteiger partial charge in [-0.3, -0.25) is 0 Å². The molecule has 0 aliphatic rings. The number of carbonyl (C=O) groups is 1. The van der Waals surface area contributed by atoms with Gasteiger partial charge in [-0.1, -0.05) is 11.6 Å². The number of benzene rings is 2. The molecule has 2 aromatic carbocycles. The summed E-state index contributed by atoms with van der Waals surface area (Å²) in [6, 6.07) is 8.22. The van der Waals surface area contributed by atoms with Gasteiger partial charge in [0, 0.05) is 10.6 Å². The predicted molar refractivity (Wildman–Crippen MR) is 73.6 cm³/mol. The van der Waals surface area contributed by atoms with Crippen LogP contribution in [0.2, 0.25) is 5.02 Å². The van der Waals surface area contributed by atoms with Crippen LogP contribution in [0.25, 0.3) is 0 Å². The molecular formula is C14H11ClFNO3. The van der Waals surface area contributed by atoms with Crippen molar-refractivity contribution in [1.29, 1.82) is 0 Å². The summed E-state index contributed by atoms with van der Waals surface area (Å²) in [4.78, 5) is 10.8. The van der Waals surface area contributed by atoms with Gasteiger partial charge >= 0.3 is 5.97 Å². The topological polar surface area (TPSA) is 72.6 Å². The molecule has 0 spiro atoms. The second kappa shape index (κ2) is 5.79. The number of carboxylic acid groups (broad SMARTS) is 1. The van der Waals surface area contributed by atoms with Crippen molar-refractivity contribution in [2.24, 2.45) is 0 Å². The van der Waals surface area contributed by atoms with Gasteiger partial charge in [-0.25, -0.2) is 9.18 Å². The number of nitrogens with two attached hydrogens (primary N) is 1. The first-order chi connectivity index (χ1) is 9.47. The molecule has 0 heterocycles. The summed E-state index contributed by atoms with van der Waals surface area (Å²) in [5.41, 5.74) is 6.21. The number of nitrogen functional groups attached to an aromatic ring is 1. The Hall–Kier alpha value is -2.27. The average Bonchev–Trinajstić information content (AvgIpc) is 2.40. The second-order valence-electron chi connectivity index (χ2n) is 4.08. The van der Waals surface area contributed by atoms with Crippen LogP contribution >= 0.6 is 11.6 Å². The highest BCUT2D eigenvalue weighted by Crippen LogP contribution is 2.24. The molecule has 0 aromatic heterocycles. The summed E-state index contributed by atoms with van der Waals surface area (Å²) in [7, 11) is 0. The monoisotopic (exact) mass is 295 g/mol. The summed E-state index contributed by atoms with van der Waals surface area (Å²) >= 11 is 5.77. The summed E-state index contributed by atoms with van der Waals surface area (Å²) in [6.45, 7) is -0.0526. The Morgan fingerprint density at radius 1 is 1.30 bits per heavy atom. The predicted octanol–water partition coefficient (Wildman–Crippen LogP) is 3.34. The van der Waals surface area contributed by atoms with Crippen molar-refractivity contribution in [1.82, 2.24) is 0 Å². The van der Waals surface area contributed by atoms with Crippen molar-refractivity contribution in [2.75, 3.05) is 5.73 Å². The number of carboxylic acids is 1. The number of ether oxygens (including phenoxy) is 1. The molecule has 20 heavy (non-hydrogen) atoms. The summed E-state index contributed by atoms with van der Waals surface area (Å²) < 4.78 is 18.9. The van der Waals surface area contributed by atoms with Gasteiger partial charge in [-0.2, -0.15) is 0 Å². The van der Waals surface area contributed by atoms with Crippen LogP contribution in [0, 0.1) is 5.82 Å². The fourth-order valence-corrected chi connectivity index (χ4v) is 1.82. The third kappa shape index (κ3) is 3.19. The minimum Gasteiger partial charge on any atom is -0.487 e. The first-order valence-corrected chi connectivity index (χ1v) is 6.04. The Balaban J connectivity index is 2.15. The summed E-state index contributed by atoms with van der Waals surface area (Å²) in [5.74, 6) is -1.23. The summed E-state index contributed by atoms with van der Waals surface area (Å²) in [6.07, 6.45) is 0. The molecule has 3 N–H and O–H groups in total. The van der Waals surface area contributed by atoms with Crippen molar-refractivity contribution in [2.45, 2.75) is 6.61 Å². The molecule has 0 saturated heterocycles. The maximum absolute atomic E-state index is 13.5. The molecule has 0 atom stereocenters. The first-order valence-electron chi connectivity index (χ1n) is 5.67. The van der Waals surface area contributed by atoms with Gasteiger partial charge in [0.1, 0.15) is 18.2 Å². The summed E-state index contributed by atoms with van der Waals surface area (Å²) in [5, 5.41) is 9.22. The largest absolute Gasteiger partial charge is 0.487 e. The zero-order valence-electron chi connectivity index (χ0n) is 10.3. The molecule has 0 aliphatic carbocycles. The van der Waals surface area contributed by atoms with Crippen molar-refractivity contribution < 1.29 is 19.0 Å². The van der Waals surface area contributed by atoms with Crippen LogP contribution in [0.3, 0.4) is 0 Å². The van der Waals surface area contributed by atoms with Crippen LogP contribution in [0.4, 0.5) is 10.1 Å². The normalized spacial score (nSPS) is 10.3. The maximum Gasteiger partial charge on any atom is 0.335 e. The van der Waals surface area contributed by atoms with Crippen LogP contribution in [-0.4, -0.2) is 11.1 Å². The molecule has 6 heteroatoms. The van der Waals surface area contributed by atoms with Crippen molar-refractivity contribution in [3.63, 3.8) is 0 Å². The van der Waals surface area contributed by atoms with Gasteiger partial charge in [0.05, 0.1) is 11.3 Å². The van der Waals surface area contributed by atoms with Crippen molar-refractivity contribution in [3.8, 4) is 5.75 Å². The van der Waals surface area contributed by atoms with Gasteiger partial charge in [0.25, 0.3) is 0 Å². The standard InChI is InChI=1S/C14H11ClFNO3/c15-10-2-3-11(16)9(5-10)7-20-13-4-1-8(14(18)19)6-12(13)17/h1-6H,7,17H2,(H,18,19). The highest BCUT2D eigenvalue weighted by Gasteiger charge is 2.09. The number of hydrogen-bond acceptors (Lipinski definition) is 3. The van der Waals surface area contributed by atoms with Crippen LogP contribution < -0.4 is 10.5 Å². The SMILES string of the molecule is Nc1cc(C(=O)O)ccc1OCc1cc(Cl)ccc1F. The van der Waals surface area contributed by atoms with E-state index in [-0.39, 0.29) is 23.6 Å².